The minimum Gasteiger partial charge on any atom is -0.444 e. The zero-order valence-electron chi connectivity index (χ0n) is 14.8. The van der Waals surface area contributed by atoms with E-state index in [1.807, 2.05) is 25.7 Å². The maximum absolute atomic E-state index is 12.5. The summed E-state index contributed by atoms with van der Waals surface area (Å²) >= 11 is 0. The largest absolute Gasteiger partial charge is 0.444 e. The van der Waals surface area contributed by atoms with Gasteiger partial charge in [-0.05, 0) is 65.2 Å². The van der Waals surface area contributed by atoms with Crippen LogP contribution in [-0.4, -0.2) is 38.8 Å². The summed E-state index contributed by atoms with van der Waals surface area (Å²) in [7, 11) is 0. The predicted octanol–water partition coefficient (Wildman–Crippen LogP) is 3.67. The van der Waals surface area contributed by atoms with E-state index in [1.54, 1.807) is 0 Å². The number of fused-ring (bicyclic) bond motifs is 2. The Morgan fingerprint density at radius 1 is 1.21 bits per heavy atom. The van der Waals surface area contributed by atoms with Crippen molar-refractivity contribution in [3.8, 4) is 0 Å². The standard InChI is InChI=1S/C18H27N3O3/c1-18(2,3)23-17(22)21-13-6-7-14(21)9-11(8-13)10-15-19-16(20-24-15)12-4-5-12/h11-14H,4-10H2,1-3H3. The van der Waals surface area contributed by atoms with Crippen LogP contribution < -0.4 is 0 Å². The zero-order valence-corrected chi connectivity index (χ0v) is 14.8. The summed E-state index contributed by atoms with van der Waals surface area (Å²) in [5.41, 5.74) is -0.434. The highest BCUT2D eigenvalue weighted by atomic mass is 16.6. The molecule has 2 saturated heterocycles. The first-order valence-electron chi connectivity index (χ1n) is 9.23. The van der Waals surface area contributed by atoms with Crippen LogP contribution in [0.15, 0.2) is 4.52 Å². The van der Waals surface area contributed by atoms with Crippen LogP contribution in [0.2, 0.25) is 0 Å². The van der Waals surface area contributed by atoms with Gasteiger partial charge in [0.15, 0.2) is 5.82 Å². The van der Waals surface area contributed by atoms with Gasteiger partial charge in [-0.3, -0.25) is 0 Å². The Hall–Kier alpha value is -1.59. The molecule has 4 rings (SSSR count). The third-order valence-electron chi connectivity index (χ3n) is 5.32. The number of hydrogen-bond acceptors (Lipinski definition) is 5. The lowest BCUT2D eigenvalue weighted by atomic mass is 9.88. The van der Waals surface area contributed by atoms with E-state index in [1.165, 1.54) is 12.8 Å². The minimum atomic E-state index is -0.434. The summed E-state index contributed by atoms with van der Waals surface area (Å²) in [4.78, 5) is 19.0. The molecule has 3 aliphatic rings. The van der Waals surface area contributed by atoms with Crippen molar-refractivity contribution in [2.24, 2.45) is 5.92 Å². The predicted molar refractivity (Wildman–Crippen MR) is 87.6 cm³/mol. The van der Waals surface area contributed by atoms with Crippen molar-refractivity contribution in [2.75, 3.05) is 0 Å². The van der Waals surface area contributed by atoms with Crippen molar-refractivity contribution in [3.05, 3.63) is 11.7 Å². The fourth-order valence-electron chi connectivity index (χ4n) is 4.17. The molecule has 2 bridgehead atoms. The fourth-order valence-corrected chi connectivity index (χ4v) is 4.17. The lowest BCUT2D eigenvalue weighted by Crippen LogP contribution is -2.48. The van der Waals surface area contributed by atoms with E-state index in [2.05, 4.69) is 10.1 Å². The third-order valence-corrected chi connectivity index (χ3v) is 5.32. The SMILES string of the molecule is CC(C)(C)OC(=O)N1C2CCC1CC(Cc1nc(C3CC3)no1)C2. The van der Waals surface area contributed by atoms with Gasteiger partial charge in [-0.15, -0.1) is 0 Å². The van der Waals surface area contributed by atoms with Gasteiger partial charge < -0.3 is 14.2 Å². The molecule has 3 fully saturated rings. The topological polar surface area (TPSA) is 68.5 Å². The van der Waals surface area contributed by atoms with Gasteiger partial charge in [0.05, 0.1) is 0 Å². The molecule has 132 valence electrons. The highest BCUT2D eigenvalue weighted by Crippen LogP contribution is 2.41. The number of amides is 1. The maximum atomic E-state index is 12.5. The highest BCUT2D eigenvalue weighted by molar-refractivity contribution is 5.69. The second kappa shape index (κ2) is 5.74. The van der Waals surface area contributed by atoms with Crippen molar-refractivity contribution in [1.29, 1.82) is 0 Å². The molecule has 1 aromatic heterocycles. The summed E-state index contributed by atoms with van der Waals surface area (Å²) in [6.45, 7) is 5.77. The normalized spacial score (nSPS) is 29.8. The van der Waals surface area contributed by atoms with Crippen LogP contribution in [-0.2, 0) is 11.2 Å². The van der Waals surface area contributed by atoms with Gasteiger partial charge in [-0.1, -0.05) is 5.16 Å². The van der Waals surface area contributed by atoms with Gasteiger partial charge in [0.1, 0.15) is 5.60 Å². The van der Waals surface area contributed by atoms with Crippen LogP contribution in [0, 0.1) is 5.92 Å². The van der Waals surface area contributed by atoms with E-state index in [0.29, 0.717) is 23.9 Å². The average Bonchev–Trinajstić information content (AvgIpc) is 3.16. The smallest absolute Gasteiger partial charge is 0.410 e. The fraction of sp³-hybridized carbons (Fsp3) is 0.833. The monoisotopic (exact) mass is 333 g/mol. The molecule has 3 heterocycles. The number of aromatic nitrogens is 2. The molecule has 0 spiro atoms. The minimum absolute atomic E-state index is 0.151. The van der Waals surface area contributed by atoms with Crippen molar-refractivity contribution in [2.45, 2.75) is 89.3 Å². The Kier molecular flexibility index (Phi) is 3.81. The molecule has 6 nitrogen and oxygen atoms in total. The van der Waals surface area contributed by atoms with Crippen molar-refractivity contribution in [3.63, 3.8) is 0 Å². The van der Waals surface area contributed by atoms with Crippen LogP contribution in [0.1, 0.15) is 76.9 Å². The molecule has 0 aromatic carbocycles. The van der Waals surface area contributed by atoms with Crippen molar-refractivity contribution in [1.82, 2.24) is 15.0 Å². The van der Waals surface area contributed by atoms with Gasteiger partial charge in [-0.2, -0.15) is 4.98 Å². The lowest BCUT2D eigenvalue weighted by molar-refractivity contribution is 0.00180. The molecule has 6 heteroatoms. The summed E-state index contributed by atoms with van der Waals surface area (Å²) in [5.74, 6) is 2.72. The number of ether oxygens (including phenoxy) is 1. The summed E-state index contributed by atoms with van der Waals surface area (Å²) in [6.07, 6.45) is 7.26. The van der Waals surface area contributed by atoms with Crippen LogP contribution in [0.25, 0.3) is 0 Å². The number of rotatable bonds is 3. The van der Waals surface area contributed by atoms with Crippen LogP contribution in [0.4, 0.5) is 4.79 Å². The Labute approximate surface area is 142 Å². The zero-order chi connectivity index (χ0) is 16.9. The molecule has 2 atom stereocenters. The molecule has 2 aliphatic heterocycles. The molecule has 1 aromatic rings. The van der Waals surface area contributed by atoms with Crippen LogP contribution in [0.5, 0.6) is 0 Å². The Balaban J connectivity index is 1.37. The van der Waals surface area contributed by atoms with E-state index < -0.39 is 5.60 Å². The molecule has 1 saturated carbocycles. The summed E-state index contributed by atoms with van der Waals surface area (Å²) in [6, 6.07) is 0.601. The van der Waals surface area contributed by atoms with Crippen LogP contribution >= 0.6 is 0 Å². The Bertz CT molecular complexity index is 603. The second-order valence-corrected chi connectivity index (χ2v) is 8.63. The quantitative estimate of drug-likeness (QED) is 0.844. The van der Waals surface area contributed by atoms with E-state index in [-0.39, 0.29) is 6.09 Å². The molecular weight excluding hydrogens is 306 g/mol. The molecule has 24 heavy (non-hydrogen) atoms. The van der Waals surface area contributed by atoms with Gasteiger partial charge in [0.2, 0.25) is 5.89 Å². The number of piperidine rings is 1. The first-order valence-corrected chi connectivity index (χ1v) is 9.23. The molecule has 1 aliphatic carbocycles. The summed E-state index contributed by atoms with van der Waals surface area (Å²) in [5, 5.41) is 4.11. The number of nitrogens with zero attached hydrogens (tertiary/aromatic N) is 3. The number of carbonyl (C=O) groups excluding carboxylic acids is 1. The average molecular weight is 333 g/mol. The number of hydrogen-bond donors (Lipinski definition) is 0. The first kappa shape index (κ1) is 15.9. The molecule has 0 radical (unpaired) electrons. The first-order chi connectivity index (χ1) is 11.4. The van der Waals surface area contributed by atoms with E-state index >= 15 is 0 Å². The molecular formula is C18H27N3O3. The second-order valence-electron chi connectivity index (χ2n) is 8.63. The van der Waals surface area contributed by atoms with Gasteiger partial charge in [0.25, 0.3) is 0 Å². The van der Waals surface area contributed by atoms with Gasteiger partial charge in [-0.25, -0.2) is 4.79 Å². The maximum Gasteiger partial charge on any atom is 0.410 e. The lowest BCUT2D eigenvalue weighted by Gasteiger charge is -2.39. The van der Waals surface area contributed by atoms with Crippen molar-refractivity contribution >= 4 is 6.09 Å². The van der Waals surface area contributed by atoms with Gasteiger partial charge in [0, 0.05) is 24.4 Å². The molecule has 0 N–H and O–H groups in total. The van der Waals surface area contributed by atoms with Crippen LogP contribution in [0.3, 0.4) is 0 Å². The number of carbonyl (C=O) groups is 1. The Morgan fingerprint density at radius 3 is 2.46 bits per heavy atom. The Morgan fingerprint density at radius 2 is 1.88 bits per heavy atom. The van der Waals surface area contributed by atoms with E-state index in [0.717, 1.165) is 43.8 Å². The molecule has 2 unspecified atom stereocenters. The molecule has 1 amide bonds. The van der Waals surface area contributed by atoms with E-state index in [9.17, 15) is 4.79 Å². The third kappa shape index (κ3) is 3.28. The van der Waals surface area contributed by atoms with E-state index in [4.69, 9.17) is 9.26 Å². The highest BCUT2D eigenvalue weighted by Gasteiger charge is 2.45. The summed E-state index contributed by atoms with van der Waals surface area (Å²) < 4.78 is 11.0. The van der Waals surface area contributed by atoms with Crippen molar-refractivity contribution < 1.29 is 14.1 Å². The van der Waals surface area contributed by atoms with Gasteiger partial charge >= 0.3 is 6.09 Å².